The zero-order valence-corrected chi connectivity index (χ0v) is 10.8. The number of carboxylic acids is 1. The Morgan fingerprint density at radius 1 is 1.47 bits per heavy atom. The maximum absolute atomic E-state index is 11.5. The lowest BCUT2D eigenvalue weighted by molar-refractivity contribution is -0.140. The molecule has 0 aliphatic heterocycles. The lowest BCUT2D eigenvalue weighted by atomic mass is 10.2. The van der Waals surface area contributed by atoms with E-state index in [4.69, 9.17) is 9.84 Å². The summed E-state index contributed by atoms with van der Waals surface area (Å²) in [4.78, 5) is 26.0. The van der Waals surface area contributed by atoms with Crippen LogP contribution in [0.5, 0.6) is 5.88 Å². The summed E-state index contributed by atoms with van der Waals surface area (Å²) in [7, 11) is 0. The molecule has 1 rings (SSSR count). The Hall–Kier alpha value is -2.31. The highest BCUT2D eigenvalue weighted by atomic mass is 16.5. The molecule has 0 saturated carbocycles. The van der Waals surface area contributed by atoms with Crippen LogP contribution in [-0.4, -0.2) is 35.2 Å². The summed E-state index contributed by atoms with van der Waals surface area (Å²) in [6.45, 7) is 3.95. The van der Waals surface area contributed by atoms with E-state index in [1.807, 2.05) is 6.92 Å². The molecule has 2 amide bonds. The molecular formula is C12H17N3O4. The highest BCUT2D eigenvalue weighted by Gasteiger charge is 2.12. The van der Waals surface area contributed by atoms with Gasteiger partial charge in [-0.05, 0) is 13.0 Å². The number of nitrogens with one attached hydrogen (secondary N) is 2. The van der Waals surface area contributed by atoms with Gasteiger partial charge in [0.2, 0.25) is 5.88 Å². The summed E-state index contributed by atoms with van der Waals surface area (Å²) in [5.74, 6) is -1.11. The van der Waals surface area contributed by atoms with Crippen molar-refractivity contribution in [1.29, 1.82) is 0 Å². The smallest absolute Gasteiger partial charge is 0.319 e. The largest absolute Gasteiger partial charge is 0.481 e. The number of hydrogen-bond donors (Lipinski definition) is 3. The molecule has 0 spiro atoms. The van der Waals surface area contributed by atoms with E-state index in [-0.39, 0.29) is 6.54 Å². The molecule has 7 heteroatoms. The summed E-state index contributed by atoms with van der Waals surface area (Å²) in [6, 6.07) is 2.82. The average Bonchev–Trinajstić information content (AvgIpc) is 2.38. The van der Waals surface area contributed by atoms with Crippen LogP contribution in [-0.2, 0) is 4.79 Å². The first-order chi connectivity index (χ1) is 9.02. The zero-order valence-electron chi connectivity index (χ0n) is 10.8. The summed E-state index contributed by atoms with van der Waals surface area (Å²) in [6.07, 6.45) is 1.46. The zero-order chi connectivity index (χ0) is 14.3. The van der Waals surface area contributed by atoms with E-state index < -0.39 is 17.9 Å². The van der Waals surface area contributed by atoms with Crippen LogP contribution in [0.25, 0.3) is 0 Å². The third-order valence-corrected chi connectivity index (χ3v) is 2.28. The van der Waals surface area contributed by atoms with Crippen molar-refractivity contribution in [2.24, 2.45) is 5.92 Å². The Bertz CT molecular complexity index is 433. The van der Waals surface area contributed by atoms with Crippen LogP contribution in [0.15, 0.2) is 18.3 Å². The standard InChI is InChI=1S/C12H17N3O4/c1-3-19-10-5-4-9(7-13-10)15-12(18)14-6-8(2)11(16)17/h4-5,7-8H,3,6H2,1-2H3,(H,16,17)(H2,14,15,18). The van der Waals surface area contributed by atoms with Gasteiger partial charge in [-0.1, -0.05) is 6.92 Å². The van der Waals surface area contributed by atoms with E-state index in [1.54, 1.807) is 12.1 Å². The van der Waals surface area contributed by atoms with Crippen LogP contribution in [0, 0.1) is 5.92 Å². The molecule has 104 valence electrons. The molecule has 7 nitrogen and oxygen atoms in total. The second-order valence-corrected chi connectivity index (χ2v) is 3.89. The van der Waals surface area contributed by atoms with Gasteiger partial charge in [-0.25, -0.2) is 9.78 Å². The third-order valence-electron chi connectivity index (χ3n) is 2.28. The van der Waals surface area contributed by atoms with E-state index in [1.165, 1.54) is 13.1 Å². The number of aliphatic carboxylic acids is 1. The van der Waals surface area contributed by atoms with Crippen molar-refractivity contribution in [3.05, 3.63) is 18.3 Å². The second kappa shape index (κ2) is 7.20. The highest BCUT2D eigenvalue weighted by Crippen LogP contribution is 2.11. The Balaban J connectivity index is 2.41. The Kier molecular flexibility index (Phi) is 5.59. The molecule has 1 heterocycles. The van der Waals surface area contributed by atoms with Crippen molar-refractivity contribution in [2.45, 2.75) is 13.8 Å². The molecule has 19 heavy (non-hydrogen) atoms. The van der Waals surface area contributed by atoms with Gasteiger partial charge in [0.05, 0.1) is 24.4 Å². The molecule has 0 radical (unpaired) electrons. The Morgan fingerprint density at radius 2 is 2.21 bits per heavy atom. The predicted molar refractivity (Wildman–Crippen MR) is 69.2 cm³/mol. The maximum Gasteiger partial charge on any atom is 0.319 e. The van der Waals surface area contributed by atoms with Crippen molar-refractivity contribution in [1.82, 2.24) is 10.3 Å². The molecule has 0 aliphatic rings. The molecule has 1 atom stereocenters. The molecule has 1 unspecified atom stereocenters. The van der Waals surface area contributed by atoms with Crippen LogP contribution < -0.4 is 15.4 Å². The van der Waals surface area contributed by atoms with Gasteiger partial charge >= 0.3 is 12.0 Å². The topological polar surface area (TPSA) is 101 Å². The minimum Gasteiger partial charge on any atom is -0.481 e. The van der Waals surface area contributed by atoms with Crippen LogP contribution in [0.2, 0.25) is 0 Å². The number of nitrogens with zero attached hydrogens (tertiary/aromatic N) is 1. The van der Waals surface area contributed by atoms with Gasteiger partial charge in [0.1, 0.15) is 0 Å². The molecule has 0 bridgehead atoms. The SMILES string of the molecule is CCOc1ccc(NC(=O)NCC(C)C(=O)O)cn1. The van der Waals surface area contributed by atoms with Crippen molar-refractivity contribution < 1.29 is 19.4 Å². The average molecular weight is 267 g/mol. The van der Waals surface area contributed by atoms with Gasteiger partial charge in [0, 0.05) is 12.6 Å². The van der Waals surface area contributed by atoms with Gasteiger partial charge in [-0.2, -0.15) is 0 Å². The van der Waals surface area contributed by atoms with Gasteiger partial charge in [0.15, 0.2) is 0 Å². The fourth-order valence-electron chi connectivity index (χ4n) is 1.20. The second-order valence-electron chi connectivity index (χ2n) is 3.89. The highest BCUT2D eigenvalue weighted by molar-refractivity contribution is 5.89. The number of urea groups is 1. The summed E-state index contributed by atoms with van der Waals surface area (Å²) < 4.78 is 5.17. The number of hydrogen-bond acceptors (Lipinski definition) is 4. The number of pyridine rings is 1. The van der Waals surface area contributed by atoms with Gasteiger partial charge in [-0.3, -0.25) is 4.79 Å². The van der Waals surface area contributed by atoms with E-state index >= 15 is 0 Å². The first-order valence-electron chi connectivity index (χ1n) is 5.89. The monoisotopic (exact) mass is 267 g/mol. The van der Waals surface area contributed by atoms with Crippen molar-refractivity contribution >= 4 is 17.7 Å². The number of aromatic nitrogens is 1. The first kappa shape index (κ1) is 14.7. The molecule has 3 N–H and O–H groups in total. The number of carboxylic acid groups (broad SMARTS) is 1. The first-order valence-corrected chi connectivity index (χ1v) is 5.89. The maximum atomic E-state index is 11.5. The third kappa shape index (κ3) is 5.24. The van der Waals surface area contributed by atoms with Crippen LogP contribution >= 0.6 is 0 Å². The van der Waals surface area contributed by atoms with Gasteiger partial charge in [-0.15, -0.1) is 0 Å². The molecule has 0 aromatic carbocycles. The number of carbonyl (C=O) groups excluding carboxylic acids is 1. The van der Waals surface area contributed by atoms with Crippen molar-refractivity contribution in [3.8, 4) is 5.88 Å². The number of ether oxygens (including phenoxy) is 1. The molecule has 1 aromatic rings. The molecule has 1 aromatic heterocycles. The Morgan fingerprint density at radius 3 is 2.74 bits per heavy atom. The quantitative estimate of drug-likeness (QED) is 0.721. The van der Waals surface area contributed by atoms with Crippen molar-refractivity contribution in [2.75, 3.05) is 18.5 Å². The fraction of sp³-hybridized carbons (Fsp3) is 0.417. The number of anilines is 1. The molecule has 0 aliphatic carbocycles. The fourth-order valence-corrected chi connectivity index (χ4v) is 1.20. The predicted octanol–water partition coefficient (Wildman–Crippen LogP) is 1.32. The normalized spacial score (nSPS) is 11.5. The molecule has 0 saturated heterocycles. The van der Waals surface area contributed by atoms with Crippen LogP contribution in [0.4, 0.5) is 10.5 Å². The van der Waals surface area contributed by atoms with Gasteiger partial charge in [0.25, 0.3) is 0 Å². The molecule has 0 fully saturated rings. The number of carbonyl (C=O) groups is 2. The Labute approximate surface area is 111 Å². The van der Waals surface area contributed by atoms with E-state index in [2.05, 4.69) is 15.6 Å². The van der Waals surface area contributed by atoms with Gasteiger partial charge < -0.3 is 20.5 Å². The van der Waals surface area contributed by atoms with Crippen molar-refractivity contribution in [3.63, 3.8) is 0 Å². The number of rotatable bonds is 6. The van der Waals surface area contributed by atoms with E-state index in [0.29, 0.717) is 18.2 Å². The van der Waals surface area contributed by atoms with E-state index in [0.717, 1.165) is 0 Å². The minimum absolute atomic E-state index is 0.0611. The lowest BCUT2D eigenvalue weighted by Crippen LogP contribution is -2.34. The van der Waals surface area contributed by atoms with Crippen LogP contribution in [0.1, 0.15) is 13.8 Å². The summed E-state index contributed by atoms with van der Waals surface area (Å²) >= 11 is 0. The summed E-state index contributed by atoms with van der Waals surface area (Å²) in [5, 5.41) is 13.7. The number of amides is 2. The lowest BCUT2D eigenvalue weighted by Gasteiger charge is -2.10. The molecular weight excluding hydrogens is 250 g/mol. The minimum atomic E-state index is -0.956. The van der Waals surface area contributed by atoms with Crippen LogP contribution in [0.3, 0.4) is 0 Å². The summed E-state index contributed by atoms with van der Waals surface area (Å²) in [5.41, 5.74) is 0.504. The van der Waals surface area contributed by atoms with E-state index in [9.17, 15) is 9.59 Å².